The largest absolute Gasteiger partial charge is 0.460 e. The Balaban J connectivity index is 0.000000574. The number of alkyl carbamates (subject to hydrolysis) is 1. The quantitative estimate of drug-likeness (QED) is 0.117. The Morgan fingerprint density at radius 3 is 2.00 bits per heavy atom. The highest BCUT2D eigenvalue weighted by Crippen LogP contribution is 2.13. The Bertz CT molecular complexity index is 737. The van der Waals surface area contributed by atoms with Crippen molar-refractivity contribution in [1.82, 2.24) is 5.32 Å². The number of carbonyl (C=O) groups excluding carboxylic acids is 4. The van der Waals surface area contributed by atoms with Gasteiger partial charge in [0.1, 0.15) is 13.2 Å². The van der Waals surface area contributed by atoms with Crippen molar-refractivity contribution in [2.75, 3.05) is 39.5 Å². The summed E-state index contributed by atoms with van der Waals surface area (Å²) in [6, 6.07) is 0. The van der Waals surface area contributed by atoms with Gasteiger partial charge in [-0.3, -0.25) is 0 Å². The summed E-state index contributed by atoms with van der Waals surface area (Å²) in [7, 11) is 0. The second-order valence-corrected chi connectivity index (χ2v) is 7.75. The van der Waals surface area contributed by atoms with Crippen molar-refractivity contribution in [2.24, 2.45) is 4.99 Å². The minimum atomic E-state index is -0.562. The zero-order valence-corrected chi connectivity index (χ0v) is 21.1. The van der Waals surface area contributed by atoms with Crippen LogP contribution in [0.2, 0.25) is 0 Å². The number of aliphatic hydroxyl groups excluding tert-OH is 1. The number of nitrogens with one attached hydrogen (secondary N) is 1. The number of carbonyl (C=O) groups is 3. The van der Waals surface area contributed by atoms with E-state index < -0.39 is 30.6 Å². The molecule has 2 heterocycles. The molecule has 0 radical (unpaired) electrons. The van der Waals surface area contributed by atoms with E-state index in [1.54, 1.807) is 13.8 Å². The van der Waals surface area contributed by atoms with Crippen LogP contribution in [0.1, 0.15) is 52.4 Å². The molecule has 2 aliphatic heterocycles. The van der Waals surface area contributed by atoms with Crippen molar-refractivity contribution in [2.45, 2.75) is 65.0 Å². The van der Waals surface area contributed by atoms with Crippen LogP contribution in [0.15, 0.2) is 29.3 Å². The first kappa shape index (κ1) is 33.0. The Morgan fingerprint density at radius 1 is 0.972 bits per heavy atom. The molecule has 2 rings (SSSR count). The van der Waals surface area contributed by atoms with Gasteiger partial charge >= 0.3 is 18.0 Å². The predicted molar refractivity (Wildman–Crippen MR) is 128 cm³/mol. The maximum Gasteiger partial charge on any atom is 0.409 e. The zero-order chi connectivity index (χ0) is 27.2. The molecule has 12 heteroatoms. The van der Waals surface area contributed by atoms with Crippen LogP contribution in [0.5, 0.6) is 0 Å². The summed E-state index contributed by atoms with van der Waals surface area (Å²) in [6.45, 7) is 11.8. The van der Waals surface area contributed by atoms with Crippen molar-refractivity contribution < 1.29 is 48.0 Å². The Morgan fingerprint density at radius 2 is 1.56 bits per heavy atom. The van der Waals surface area contributed by atoms with E-state index in [1.165, 1.54) is 6.08 Å². The standard InChI is InChI=1S/C12H19NO5.C7H9NO3.C5H10O2/c1-9(2)11(14)17-8-6-13-12(15)18-10-5-3-4-7-16-10;1-6(2)7(10)11-4-3-8-5-9;6-5-3-1-2-4-7-5/h10H,1,3-8H2,2H3,(H,13,15);1,3-4H2,2H3;5-6H,1-4H2. The summed E-state index contributed by atoms with van der Waals surface area (Å²) in [5.74, 6) is -0.938. The van der Waals surface area contributed by atoms with E-state index >= 15 is 0 Å². The number of hydrogen-bond acceptors (Lipinski definition) is 11. The first-order chi connectivity index (χ1) is 17.2. The molecule has 0 spiro atoms. The maximum atomic E-state index is 11.3. The fourth-order valence-electron chi connectivity index (χ4n) is 2.46. The van der Waals surface area contributed by atoms with Gasteiger partial charge in [-0.15, -0.1) is 0 Å². The van der Waals surface area contributed by atoms with E-state index in [2.05, 4.69) is 28.2 Å². The topological polar surface area (TPSA) is 159 Å². The van der Waals surface area contributed by atoms with Crippen molar-refractivity contribution in [3.8, 4) is 0 Å². The van der Waals surface area contributed by atoms with Gasteiger partial charge in [-0.05, 0) is 46.0 Å². The summed E-state index contributed by atoms with van der Waals surface area (Å²) in [6.07, 6.45) is 5.60. The third-order valence-electron chi connectivity index (χ3n) is 4.33. The molecular formula is C24H38N2O10. The molecule has 2 aliphatic rings. The van der Waals surface area contributed by atoms with Crippen molar-refractivity contribution in [1.29, 1.82) is 0 Å². The molecule has 0 aliphatic carbocycles. The van der Waals surface area contributed by atoms with Crippen LogP contribution in [0.3, 0.4) is 0 Å². The van der Waals surface area contributed by atoms with Crippen LogP contribution >= 0.6 is 0 Å². The maximum absolute atomic E-state index is 11.3. The summed E-state index contributed by atoms with van der Waals surface area (Å²) in [4.78, 5) is 45.7. The zero-order valence-electron chi connectivity index (χ0n) is 21.1. The molecule has 2 unspecified atom stereocenters. The molecule has 2 atom stereocenters. The molecule has 2 saturated heterocycles. The van der Waals surface area contributed by atoms with E-state index in [9.17, 15) is 19.2 Å². The van der Waals surface area contributed by atoms with Gasteiger partial charge in [0.2, 0.25) is 12.4 Å². The van der Waals surface area contributed by atoms with E-state index in [4.69, 9.17) is 24.1 Å². The number of ether oxygens (including phenoxy) is 5. The van der Waals surface area contributed by atoms with Gasteiger partial charge in [0.05, 0.1) is 19.7 Å². The van der Waals surface area contributed by atoms with Crippen LogP contribution in [-0.2, 0) is 38.1 Å². The van der Waals surface area contributed by atoms with Gasteiger partial charge in [-0.2, -0.15) is 0 Å². The number of aliphatic imine (C=N–C) groups is 1. The lowest BCUT2D eigenvalue weighted by Gasteiger charge is -2.22. The molecule has 204 valence electrons. The Kier molecular flexibility index (Phi) is 19.5. The van der Waals surface area contributed by atoms with Crippen molar-refractivity contribution in [3.63, 3.8) is 0 Å². The lowest BCUT2D eigenvalue weighted by atomic mass is 10.2. The molecule has 0 aromatic heterocycles. The molecule has 36 heavy (non-hydrogen) atoms. The molecule has 0 aromatic rings. The van der Waals surface area contributed by atoms with E-state index in [1.807, 2.05) is 0 Å². The minimum Gasteiger partial charge on any atom is -0.460 e. The molecular weight excluding hydrogens is 476 g/mol. The monoisotopic (exact) mass is 514 g/mol. The van der Waals surface area contributed by atoms with Crippen LogP contribution in [0, 0.1) is 0 Å². The number of hydrogen-bond donors (Lipinski definition) is 2. The molecule has 2 N–H and O–H groups in total. The summed E-state index contributed by atoms with van der Waals surface area (Å²) >= 11 is 0. The molecule has 0 saturated carbocycles. The van der Waals surface area contributed by atoms with Crippen LogP contribution in [-0.4, -0.2) is 81.3 Å². The second kappa shape index (κ2) is 21.3. The average Bonchev–Trinajstić information content (AvgIpc) is 2.86. The second-order valence-electron chi connectivity index (χ2n) is 7.75. The number of rotatable bonds is 9. The van der Waals surface area contributed by atoms with Crippen LogP contribution < -0.4 is 5.32 Å². The van der Waals surface area contributed by atoms with Gasteiger partial charge in [0, 0.05) is 24.2 Å². The molecule has 0 bridgehead atoms. The fourth-order valence-corrected chi connectivity index (χ4v) is 2.46. The van der Waals surface area contributed by atoms with E-state index in [-0.39, 0.29) is 26.3 Å². The van der Waals surface area contributed by atoms with Crippen LogP contribution in [0.4, 0.5) is 4.79 Å². The van der Waals surface area contributed by atoms with Gasteiger partial charge in [-0.25, -0.2) is 24.2 Å². The molecule has 12 nitrogen and oxygen atoms in total. The highest BCUT2D eigenvalue weighted by molar-refractivity contribution is 5.87. The number of aliphatic hydroxyl groups is 1. The smallest absolute Gasteiger partial charge is 0.409 e. The van der Waals surface area contributed by atoms with Crippen LogP contribution in [0.25, 0.3) is 0 Å². The van der Waals surface area contributed by atoms with Gasteiger partial charge in [0.15, 0.2) is 6.29 Å². The summed E-state index contributed by atoms with van der Waals surface area (Å²) < 4.78 is 24.5. The minimum absolute atomic E-state index is 0.0896. The van der Waals surface area contributed by atoms with Crippen molar-refractivity contribution in [3.05, 3.63) is 24.3 Å². The number of amides is 1. The van der Waals surface area contributed by atoms with Gasteiger partial charge in [-0.1, -0.05) is 13.2 Å². The highest BCUT2D eigenvalue weighted by atomic mass is 16.7. The number of isocyanates is 1. The van der Waals surface area contributed by atoms with Crippen molar-refractivity contribution >= 4 is 24.1 Å². The first-order valence-electron chi connectivity index (χ1n) is 11.7. The summed E-state index contributed by atoms with van der Waals surface area (Å²) in [5, 5.41) is 11.2. The highest BCUT2D eigenvalue weighted by Gasteiger charge is 2.17. The third-order valence-corrected chi connectivity index (χ3v) is 4.33. The van der Waals surface area contributed by atoms with Gasteiger partial charge in [0.25, 0.3) is 0 Å². The predicted octanol–water partition coefficient (Wildman–Crippen LogP) is 2.31. The lowest BCUT2D eigenvalue weighted by molar-refractivity contribution is -0.139. The molecule has 0 aromatic carbocycles. The average molecular weight is 515 g/mol. The SMILES string of the molecule is C=C(C)C(=O)OCCN=C=O.C=C(C)C(=O)OCCNC(=O)OC1CCCCO1.OC1CCCCO1. The summed E-state index contributed by atoms with van der Waals surface area (Å²) in [5.41, 5.74) is 0.660. The van der Waals surface area contributed by atoms with E-state index in [0.29, 0.717) is 17.8 Å². The molecule has 1 amide bonds. The van der Waals surface area contributed by atoms with Gasteiger partial charge < -0.3 is 34.1 Å². The molecule has 2 fully saturated rings. The normalized spacial score (nSPS) is 18.3. The fraction of sp³-hybridized carbons (Fsp3) is 0.667. The number of nitrogens with zero attached hydrogens (tertiary/aromatic N) is 1. The number of esters is 2. The first-order valence-corrected chi connectivity index (χ1v) is 11.7. The third kappa shape index (κ3) is 19.3. The Labute approximate surface area is 211 Å². The van der Waals surface area contributed by atoms with E-state index in [0.717, 1.165) is 45.1 Å². The lowest BCUT2D eigenvalue weighted by Crippen LogP contribution is -2.34. The Hall–Kier alpha value is -3.05.